The van der Waals surface area contributed by atoms with Gasteiger partial charge in [0.1, 0.15) is 5.75 Å². The van der Waals surface area contributed by atoms with Crippen LogP contribution in [0.25, 0.3) is 0 Å². The molecule has 1 heterocycles. The van der Waals surface area contributed by atoms with Gasteiger partial charge in [0.15, 0.2) is 0 Å². The van der Waals surface area contributed by atoms with Gasteiger partial charge in [0.2, 0.25) is 0 Å². The van der Waals surface area contributed by atoms with Gasteiger partial charge in [0.25, 0.3) is 0 Å². The van der Waals surface area contributed by atoms with Crippen molar-refractivity contribution < 1.29 is 4.74 Å². The quantitative estimate of drug-likeness (QED) is 0.912. The van der Waals surface area contributed by atoms with Crippen LogP contribution in [0, 0.1) is 6.92 Å². The molecule has 0 aliphatic rings. The van der Waals surface area contributed by atoms with Gasteiger partial charge in [0, 0.05) is 0 Å². The second-order valence-electron chi connectivity index (χ2n) is 4.13. The summed E-state index contributed by atoms with van der Waals surface area (Å²) in [4.78, 5) is 0. The lowest BCUT2D eigenvalue weighted by Gasteiger charge is -2.18. The number of hydrogen-bond acceptors (Lipinski definition) is 3. The lowest BCUT2D eigenvalue weighted by molar-refractivity contribution is 0.412. The molecule has 0 spiro atoms. The predicted octanol–water partition coefficient (Wildman–Crippen LogP) is 4.14. The summed E-state index contributed by atoms with van der Waals surface area (Å²) < 4.78 is 6.24. The van der Waals surface area contributed by atoms with E-state index in [0.717, 1.165) is 10.2 Å². The fourth-order valence-corrected chi connectivity index (χ4v) is 3.47. The number of aryl methyl sites for hydroxylation is 1. The molecule has 0 amide bonds. The summed E-state index contributed by atoms with van der Waals surface area (Å²) in [7, 11) is 3.66. The molecule has 1 aromatic heterocycles. The second-order valence-corrected chi connectivity index (χ2v) is 5.72. The van der Waals surface area contributed by atoms with Crippen LogP contribution in [-0.4, -0.2) is 14.2 Å². The molecule has 18 heavy (non-hydrogen) atoms. The Balaban J connectivity index is 2.40. The van der Waals surface area contributed by atoms with Gasteiger partial charge in [-0.15, -0.1) is 0 Å². The minimum atomic E-state index is 0.221. The third-order valence-corrected chi connectivity index (χ3v) is 4.50. The first-order chi connectivity index (χ1) is 8.67. The molecule has 4 heteroatoms. The summed E-state index contributed by atoms with van der Waals surface area (Å²) >= 11 is 5.28. The van der Waals surface area contributed by atoms with E-state index in [9.17, 15) is 0 Å². The molecular formula is C14H16BrNOS. The maximum atomic E-state index is 5.26. The fourth-order valence-electron chi connectivity index (χ4n) is 2.03. The number of rotatable bonds is 4. The normalized spacial score (nSPS) is 12.4. The molecule has 0 fully saturated rings. The van der Waals surface area contributed by atoms with Crippen molar-refractivity contribution >= 4 is 27.3 Å². The van der Waals surface area contributed by atoms with E-state index in [1.165, 1.54) is 16.7 Å². The Hall–Kier alpha value is -0.840. The molecule has 1 aromatic carbocycles. The van der Waals surface area contributed by atoms with Crippen molar-refractivity contribution in [2.75, 3.05) is 14.2 Å². The molecule has 96 valence electrons. The first kappa shape index (κ1) is 13.6. The van der Waals surface area contributed by atoms with Crippen LogP contribution in [0.4, 0.5) is 0 Å². The number of benzene rings is 1. The summed E-state index contributed by atoms with van der Waals surface area (Å²) in [5.74, 6) is 0.857. The summed E-state index contributed by atoms with van der Waals surface area (Å²) in [6.07, 6.45) is 0. The van der Waals surface area contributed by atoms with Gasteiger partial charge in [-0.25, -0.2) is 0 Å². The van der Waals surface area contributed by atoms with Crippen LogP contribution in [0.2, 0.25) is 0 Å². The molecule has 0 saturated heterocycles. The molecule has 0 radical (unpaired) electrons. The third-order valence-electron chi connectivity index (χ3n) is 3.00. The monoisotopic (exact) mass is 325 g/mol. The van der Waals surface area contributed by atoms with E-state index in [-0.39, 0.29) is 6.04 Å². The fraction of sp³-hybridized carbons (Fsp3) is 0.286. The lowest BCUT2D eigenvalue weighted by atomic mass is 9.98. The predicted molar refractivity (Wildman–Crippen MR) is 80.7 cm³/mol. The number of methoxy groups -OCH3 is 1. The summed E-state index contributed by atoms with van der Waals surface area (Å²) in [5, 5.41) is 7.75. The van der Waals surface area contributed by atoms with Gasteiger partial charge in [-0.05, 0) is 69.5 Å². The Bertz CT molecular complexity index is 538. The highest BCUT2D eigenvalue weighted by Gasteiger charge is 2.16. The number of halogens is 1. The van der Waals surface area contributed by atoms with Crippen molar-refractivity contribution in [1.82, 2.24) is 5.32 Å². The highest BCUT2D eigenvalue weighted by molar-refractivity contribution is 9.10. The molecule has 0 aliphatic carbocycles. The number of nitrogens with one attached hydrogen (secondary N) is 1. The highest BCUT2D eigenvalue weighted by atomic mass is 79.9. The smallest absolute Gasteiger partial charge is 0.133 e. The Labute approximate surface area is 120 Å². The maximum Gasteiger partial charge on any atom is 0.133 e. The molecule has 2 aromatic rings. The van der Waals surface area contributed by atoms with Crippen LogP contribution in [0.15, 0.2) is 33.4 Å². The van der Waals surface area contributed by atoms with Crippen molar-refractivity contribution in [3.8, 4) is 5.75 Å². The van der Waals surface area contributed by atoms with Crippen LogP contribution in [-0.2, 0) is 0 Å². The summed E-state index contributed by atoms with van der Waals surface area (Å²) in [6.45, 7) is 2.15. The maximum absolute atomic E-state index is 5.26. The van der Waals surface area contributed by atoms with Crippen molar-refractivity contribution in [2.24, 2.45) is 0 Å². The zero-order valence-corrected chi connectivity index (χ0v) is 13.1. The third kappa shape index (κ3) is 2.60. The first-order valence-corrected chi connectivity index (χ1v) is 7.44. The summed E-state index contributed by atoms with van der Waals surface area (Å²) in [6, 6.07) is 6.42. The van der Waals surface area contributed by atoms with E-state index in [0.29, 0.717) is 0 Å². The van der Waals surface area contributed by atoms with Crippen LogP contribution >= 0.6 is 27.3 Å². The molecule has 0 aliphatic heterocycles. The van der Waals surface area contributed by atoms with Gasteiger partial charge in [0.05, 0.1) is 17.6 Å². The van der Waals surface area contributed by atoms with E-state index >= 15 is 0 Å². The number of ether oxygens (including phenoxy) is 1. The highest BCUT2D eigenvalue weighted by Crippen LogP contribution is 2.32. The van der Waals surface area contributed by atoms with Crippen LogP contribution in [0.3, 0.4) is 0 Å². The van der Waals surface area contributed by atoms with E-state index in [1.807, 2.05) is 13.1 Å². The number of thiophene rings is 1. The largest absolute Gasteiger partial charge is 0.496 e. The molecule has 0 saturated carbocycles. The standard InChI is InChI=1S/C14H16BrNOS/c1-9-7-18-8-11(9)14(16-2)10-4-5-13(17-3)12(15)6-10/h4-8,14,16H,1-3H3. The van der Waals surface area contributed by atoms with E-state index in [4.69, 9.17) is 4.74 Å². The summed E-state index contributed by atoms with van der Waals surface area (Å²) in [5.41, 5.74) is 3.89. The van der Waals surface area contributed by atoms with E-state index in [1.54, 1.807) is 18.4 Å². The van der Waals surface area contributed by atoms with Crippen molar-refractivity contribution in [2.45, 2.75) is 13.0 Å². The molecule has 1 unspecified atom stereocenters. The second kappa shape index (κ2) is 5.87. The molecule has 1 N–H and O–H groups in total. The molecule has 2 rings (SSSR count). The van der Waals surface area contributed by atoms with Crippen molar-refractivity contribution in [1.29, 1.82) is 0 Å². The number of hydrogen-bond donors (Lipinski definition) is 1. The van der Waals surface area contributed by atoms with Crippen LogP contribution in [0.5, 0.6) is 5.75 Å². The van der Waals surface area contributed by atoms with Crippen molar-refractivity contribution in [3.05, 3.63) is 50.1 Å². The lowest BCUT2D eigenvalue weighted by Crippen LogP contribution is -2.17. The zero-order valence-electron chi connectivity index (χ0n) is 10.7. The van der Waals surface area contributed by atoms with Crippen LogP contribution in [0.1, 0.15) is 22.7 Å². The molecule has 2 nitrogen and oxygen atoms in total. The topological polar surface area (TPSA) is 21.3 Å². The van der Waals surface area contributed by atoms with Gasteiger partial charge in [-0.2, -0.15) is 11.3 Å². The van der Waals surface area contributed by atoms with Crippen molar-refractivity contribution in [3.63, 3.8) is 0 Å². The molecular weight excluding hydrogens is 310 g/mol. The SMILES string of the molecule is CNC(c1ccc(OC)c(Br)c1)c1cscc1C. The van der Waals surface area contributed by atoms with Gasteiger partial charge in [-0.3, -0.25) is 0 Å². The van der Waals surface area contributed by atoms with E-state index < -0.39 is 0 Å². The van der Waals surface area contributed by atoms with Gasteiger partial charge >= 0.3 is 0 Å². The Morgan fingerprint density at radius 1 is 1.33 bits per heavy atom. The average molecular weight is 326 g/mol. The van der Waals surface area contributed by atoms with E-state index in [2.05, 4.69) is 51.1 Å². The Morgan fingerprint density at radius 3 is 2.61 bits per heavy atom. The first-order valence-electron chi connectivity index (χ1n) is 5.70. The molecule has 0 bridgehead atoms. The average Bonchev–Trinajstić information content (AvgIpc) is 2.77. The van der Waals surface area contributed by atoms with Gasteiger partial charge < -0.3 is 10.1 Å². The molecule has 1 atom stereocenters. The van der Waals surface area contributed by atoms with Crippen LogP contribution < -0.4 is 10.1 Å². The zero-order chi connectivity index (χ0) is 13.1. The Kier molecular flexibility index (Phi) is 4.43. The Morgan fingerprint density at radius 2 is 2.11 bits per heavy atom. The van der Waals surface area contributed by atoms with Gasteiger partial charge in [-0.1, -0.05) is 6.07 Å². The minimum Gasteiger partial charge on any atom is -0.496 e. The minimum absolute atomic E-state index is 0.221.